The summed E-state index contributed by atoms with van der Waals surface area (Å²) < 4.78 is 0. The number of carbonyl (C=O) groups is 1. The topological polar surface area (TPSA) is 44.9 Å². The molecular weight excluding hydrogens is 188 g/mol. The van der Waals surface area contributed by atoms with Gasteiger partial charge in [0.15, 0.2) is 6.29 Å². The van der Waals surface area contributed by atoms with E-state index in [0.29, 0.717) is 0 Å². The zero-order valence-corrected chi connectivity index (χ0v) is 9.39. The van der Waals surface area contributed by atoms with Crippen molar-refractivity contribution in [1.82, 2.24) is 10.3 Å². The summed E-state index contributed by atoms with van der Waals surface area (Å²) in [7, 11) is 0. The van der Waals surface area contributed by atoms with Gasteiger partial charge in [-0.1, -0.05) is 0 Å². The van der Waals surface area contributed by atoms with E-state index in [1.807, 2.05) is 13.8 Å². The molecule has 1 aliphatic carbocycles. The van der Waals surface area contributed by atoms with E-state index in [0.717, 1.165) is 42.2 Å². The third-order valence-corrected chi connectivity index (χ3v) is 3.18. The van der Waals surface area contributed by atoms with Crippen LogP contribution >= 0.6 is 0 Å². The minimum atomic E-state index is 0.718. The minimum Gasteiger partial charge on any atom is -0.356 e. The second kappa shape index (κ2) is 4.19. The van der Waals surface area contributed by atoms with Gasteiger partial charge in [0.1, 0.15) is 0 Å². The van der Waals surface area contributed by atoms with Crippen LogP contribution in [0.1, 0.15) is 40.2 Å². The molecule has 2 rings (SSSR count). The van der Waals surface area contributed by atoms with Gasteiger partial charge in [0, 0.05) is 12.2 Å². The minimum absolute atomic E-state index is 0.718. The summed E-state index contributed by atoms with van der Waals surface area (Å²) in [6.07, 6.45) is 3.64. The van der Waals surface area contributed by atoms with E-state index in [2.05, 4.69) is 10.3 Å². The summed E-state index contributed by atoms with van der Waals surface area (Å²) in [5.74, 6) is 0.898. The molecule has 0 aromatic carbocycles. The zero-order chi connectivity index (χ0) is 10.8. The van der Waals surface area contributed by atoms with Crippen LogP contribution in [0.4, 0.5) is 0 Å². The molecular formula is C12H18N2O. The van der Waals surface area contributed by atoms with Crippen molar-refractivity contribution in [3.8, 4) is 0 Å². The molecule has 0 saturated heterocycles. The number of nitrogens with one attached hydrogen (secondary N) is 2. The third-order valence-electron chi connectivity index (χ3n) is 3.18. The Hall–Kier alpha value is -1.09. The molecule has 0 unspecified atom stereocenters. The van der Waals surface area contributed by atoms with E-state index in [1.54, 1.807) is 0 Å². The molecule has 1 aromatic rings. The lowest BCUT2D eigenvalue weighted by atomic mass is 10.1. The SMILES string of the molecule is Cc1[nH]c(C=O)c(C)c1CNCC1CC1. The van der Waals surface area contributed by atoms with Crippen LogP contribution in [0.15, 0.2) is 0 Å². The molecule has 3 nitrogen and oxygen atoms in total. The average Bonchev–Trinajstić information content (AvgIpc) is 2.99. The molecule has 3 heteroatoms. The Bertz CT molecular complexity index is 364. The number of rotatable bonds is 5. The molecule has 2 N–H and O–H groups in total. The molecule has 82 valence electrons. The van der Waals surface area contributed by atoms with Crippen molar-refractivity contribution in [2.24, 2.45) is 5.92 Å². The molecule has 0 aliphatic heterocycles. The van der Waals surface area contributed by atoms with Gasteiger partial charge in [-0.05, 0) is 50.3 Å². The van der Waals surface area contributed by atoms with Crippen molar-refractivity contribution in [3.05, 3.63) is 22.5 Å². The summed E-state index contributed by atoms with van der Waals surface area (Å²) in [6.45, 7) is 6.01. The van der Waals surface area contributed by atoms with Crippen LogP contribution < -0.4 is 5.32 Å². The van der Waals surface area contributed by atoms with Gasteiger partial charge in [0.05, 0.1) is 5.69 Å². The van der Waals surface area contributed by atoms with Gasteiger partial charge < -0.3 is 10.3 Å². The van der Waals surface area contributed by atoms with Gasteiger partial charge in [-0.3, -0.25) is 4.79 Å². The van der Waals surface area contributed by atoms with Crippen LogP contribution in [-0.4, -0.2) is 17.8 Å². The molecule has 1 aliphatic rings. The highest BCUT2D eigenvalue weighted by Gasteiger charge is 2.20. The van der Waals surface area contributed by atoms with E-state index in [4.69, 9.17) is 0 Å². The Balaban J connectivity index is 1.98. The number of aromatic nitrogens is 1. The van der Waals surface area contributed by atoms with Crippen LogP contribution in [0.3, 0.4) is 0 Å². The maximum absolute atomic E-state index is 10.7. The number of H-pyrrole nitrogens is 1. The van der Waals surface area contributed by atoms with Crippen molar-refractivity contribution in [1.29, 1.82) is 0 Å². The van der Waals surface area contributed by atoms with Crippen LogP contribution in [0, 0.1) is 19.8 Å². The fourth-order valence-corrected chi connectivity index (χ4v) is 1.92. The molecule has 0 spiro atoms. The highest BCUT2D eigenvalue weighted by Crippen LogP contribution is 2.27. The maximum atomic E-state index is 10.7. The number of hydrogen-bond donors (Lipinski definition) is 2. The van der Waals surface area contributed by atoms with E-state index in [9.17, 15) is 4.79 Å². The van der Waals surface area contributed by atoms with Gasteiger partial charge in [0.2, 0.25) is 0 Å². The average molecular weight is 206 g/mol. The van der Waals surface area contributed by atoms with Gasteiger partial charge in [-0.2, -0.15) is 0 Å². The molecule has 15 heavy (non-hydrogen) atoms. The van der Waals surface area contributed by atoms with Crippen LogP contribution in [0.5, 0.6) is 0 Å². The molecule has 1 saturated carbocycles. The van der Waals surface area contributed by atoms with Gasteiger partial charge in [0.25, 0.3) is 0 Å². The zero-order valence-electron chi connectivity index (χ0n) is 9.39. The number of carbonyl (C=O) groups excluding carboxylic acids is 1. The lowest BCUT2D eigenvalue weighted by Crippen LogP contribution is -2.16. The van der Waals surface area contributed by atoms with E-state index >= 15 is 0 Å². The van der Waals surface area contributed by atoms with Crippen molar-refractivity contribution in [3.63, 3.8) is 0 Å². The third kappa shape index (κ3) is 2.29. The lowest BCUT2D eigenvalue weighted by Gasteiger charge is -2.04. The van der Waals surface area contributed by atoms with Crippen molar-refractivity contribution >= 4 is 6.29 Å². The molecule has 0 atom stereocenters. The highest BCUT2D eigenvalue weighted by atomic mass is 16.1. The van der Waals surface area contributed by atoms with Crippen LogP contribution in [0.25, 0.3) is 0 Å². The quantitative estimate of drug-likeness (QED) is 0.723. The molecule has 1 fully saturated rings. The molecule has 1 aromatic heterocycles. The second-order valence-electron chi connectivity index (χ2n) is 4.46. The fraction of sp³-hybridized carbons (Fsp3) is 0.583. The first-order valence-electron chi connectivity index (χ1n) is 5.56. The Kier molecular flexibility index (Phi) is 2.91. The highest BCUT2D eigenvalue weighted by molar-refractivity contribution is 5.75. The number of hydrogen-bond acceptors (Lipinski definition) is 2. The number of aldehydes is 1. The first kappa shape index (κ1) is 10.4. The Morgan fingerprint density at radius 1 is 1.47 bits per heavy atom. The molecule has 1 heterocycles. The Labute approximate surface area is 90.3 Å². The second-order valence-corrected chi connectivity index (χ2v) is 4.46. The van der Waals surface area contributed by atoms with Crippen LogP contribution in [-0.2, 0) is 6.54 Å². The number of aryl methyl sites for hydroxylation is 1. The summed E-state index contributed by atoms with van der Waals surface area (Å²) in [6, 6.07) is 0. The van der Waals surface area contributed by atoms with Gasteiger partial charge in [-0.15, -0.1) is 0 Å². The monoisotopic (exact) mass is 206 g/mol. The largest absolute Gasteiger partial charge is 0.356 e. The predicted molar refractivity (Wildman–Crippen MR) is 60.1 cm³/mol. The summed E-state index contributed by atoms with van der Waals surface area (Å²) in [4.78, 5) is 13.8. The summed E-state index contributed by atoms with van der Waals surface area (Å²) >= 11 is 0. The lowest BCUT2D eigenvalue weighted by molar-refractivity contribution is 0.111. The maximum Gasteiger partial charge on any atom is 0.166 e. The molecule has 0 bridgehead atoms. The Morgan fingerprint density at radius 2 is 2.20 bits per heavy atom. The molecule has 0 radical (unpaired) electrons. The predicted octanol–water partition coefficient (Wildman–Crippen LogP) is 1.94. The summed E-state index contributed by atoms with van der Waals surface area (Å²) in [5.41, 5.74) is 4.16. The number of aromatic amines is 1. The van der Waals surface area contributed by atoms with E-state index in [1.165, 1.54) is 18.4 Å². The first-order chi connectivity index (χ1) is 7.22. The standard InChI is InChI=1S/C12H18N2O/c1-8-11(6-13-5-10-3-4-10)9(2)14-12(8)7-15/h7,10,13-14H,3-6H2,1-2H3. The normalized spacial score (nSPS) is 15.6. The molecule has 0 amide bonds. The Morgan fingerprint density at radius 3 is 2.73 bits per heavy atom. The smallest absolute Gasteiger partial charge is 0.166 e. The first-order valence-corrected chi connectivity index (χ1v) is 5.56. The van der Waals surface area contributed by atoms with Gasteiger partial charge >= 0.3 is 0 Å². The van der Waals surface area contributed by atoms with Crippen LogP contribution in [0.2, 0.25) is 0 Å². The van der Waals surface area contributed by atoms with E-state index in [-0.39, 0.29) is 0 Å². The van der Waals surface area contributed by atoms with Crippen molar-refractivity contribution in [2.75, 3.05) is 6.54 Å². The van der Waals surface area contributed by atoms with Crippen molar-refractivity contribution < 1.29 is 4.79 Å². The van der Waals surface area contributed by atoms with Gasteiger partial charge in [-0.25, -0.2) is 0 Å². The van der Waals surface area contributed by atoms with E-state index < -0.39 is 0 Å². The fourth-order valence-electron chi connectivity index (χ4n) is 1.92. The van der Waals surface area contributed by atoms with Crippen molar-refractivity contribution in [2.45, 2.75) is 33.2 Å². The summed E-state index contributed by atoms with van der Waals surface area (Å²) in [5, 5.41) is 3.45.